The van der Waals surface area contributed by atoms with Crippen LogP contribution < -0.4 is 0 Å². The first kappa shape index (κ1) is 15.3. The summed E-state index contributed by atoms with van der Waals surface area (Å²) in [4.78, 5) is 24.8. The number of rotatable bonds is 6. The van der Waals surface area contributed by atoms with Crippen LogP contribution in [0.4, 0.5) is 0 Å². The lowest BCUT2D eigenvalue weighted by molar-refractivity contribution is -0.147. The summed E-state index contributed by atoms with van der Waals surface area (Å²) >= 11 is 0. The van der Waals surface area contributed by atoms with Gasteiger partial charge in [0.1, 0.15) is 6.10 Å². The lowest BCUT2D eigenvalue weighted by atomic mass is 10.1. The van der Waals surface area contributed by atoms with Gasteiger partial charge in [0.2, 0.25) is 0 Å². The van der Waals surface area contributed by atoms with Crippen LogP contribution in [0, 0.1) is 0 Å². The molecule has 2 fully saturated rings. The van der Waals surface area contributed by atoms with E-state index >= 15 is 0 Å². The third-order valence-corrected chi connectivity index (χ3v) is 3.97. The number of carbonyl (C=O) groups excluding carboxylic acids is 1. The lowest BCUT2D eigenvalue weighted by Crippen LogP contribution is -2.43. The highest BCUT2D eigenvalue weighted by Crippen LogP contribution is 2.22. The Morgan fingerprint density at radius 1 is 1.40 bits per heavy atom. The van der Waals surface area contributed by atoms with Gasteiger partial charge in [0.25, 0.3) is 5.91 Å². The van der Waals surface area contributed by atoms with E-state index in [2.05, 4.69) is 0 Å². The topological polar surface area (TPSA) is 76.1 Å². The summed E-state index contributed by atoms with van der Waals surface area (Å²) in [6.07, 6.45) is 3.23. The number of nitrogens with zero attached hydrogens (tertiary/aromatic N) is 1. The highest BCUT2D eigenvalue weighted by atomic mass is 16.5. The Kier molecular flexibility index (Phi) is 5.37. The lowest BCUT2D eigenvalue weighted by Gasteiger charge is -2.27. The van der Waals surface area contributed by atoms with Crippen molar-refractivity contribution in [2.45, 2.75) is 57.3 Å². The fraction of sp³-hybridized carbons (Fsp3) is 0.857. The number of hydrogen-bond acceptors (Lipinski definition) is 4. The van der Waals surface area contributed by atoms with Crippen molar-refractivity contribution < 1.29 is 24.2 Å². The van der Waals surface area contributed by atoms with Crippen molar-refractivity contribution in [3.63, 3.8) is 0 Å². The molecule has 0 spiro atoms. The first-order valence-electron chi connectivity index (χ1n) is 7.33. The van der Waals surface area contributed by atoms with E-state index in [0.29, 0.717) is 13.2 Å². The number of likely N-dealkylation sites (tertiary alicyclic amines) is 1. The minimum Gasteiger partial charge on any atom is -0.481 e. The summed E-state index contributed by atoms with van der Waals surface area (Å²) in [5, 5.41) is 8.87. The van der Waals surface area contributed by atoms with Crippen molar-refractivity contribution in [1.82, 2.24) is 4.90 Å². The number of carboxylic acid groups (broad SMARTS) is 1. The Balaban J connectivity index is 1.80. The summed E-state index contributed by atoms with van der Waals surface area (Å²) in [5.74, 6) is -0.964. The van der Waals surface area contributed by atoms with E-state index in [0.717, 1.165) is 32.3 Å². The molecule has 0 bridgehead atoms. The Morgan fingerprint density at radius 2 is 2.20 bits per heavy atom. The molecule has 2 heterocycles. The molecule has 2 aliphatic heterocycles. The second-order valence-electron chi connectivity index (χ2n) is 5.54. The molecule has 2 saturated heterocycles. The summed E-state index contributed by atoms with van der Waals surface area (Å²) < 4.78 is 11.0. The zero-order chi connectivity index (χ0) is 14.5. The second-order valence-corrected chi connectivity index (χ2v) is 5.54. The Morgan fingerprint density at radius 3 is 2.85 bits per heavy atom. The van der Waals surface area contributed by atoms with Crippen molar-refractivity contribution in [1.29, 1.82) is 0 Å². The fourth-order valence-corrected chi connectivity index (χ4v) is 2.87. The Labute approximate surface area is 119 Å². The van der Waals surface area contributed by atoms with Crippen molar-refractivity contribution >= 4 is 11.9 Å². The SMILES string of the molecule is CC(OCC1CCCO1)C(=O)N1CCCC1CC(=O)O. The van der Waals surface area contributed by atoms with Gasteiger partial charge >= 0.3 is 5.97 Å². The van der Waals surface area contributed by atoms with Gasteiger partial charge in [-0.25, -0.2) is 0 Å². The first-order chi connectivity index (χ1) is 9.58. The van der Waals surface area contributed by atoms with Crippen LogP contribution in [0.1, 0.15) is 39.0 Å². The van der Waals surface area contributed by atoms with Crippen molar-refractivity contribution in [2.75, 3.05) is 19.8 Å². The molecule has 0 aromatic rings. The van der Waals surface area contributed by atoms with Gasteiger partial charge < -0.3 is 19.5 Å². The molecule has 20 heavy (non-hydrogen) atoms. The van der Waals surface area contributed by atoms with Gasteiger partial charge in [-0.3, -0.25) is 9.59 Å². The van der Waals surface area contributed by atoms with Crippen molar-refractivity contribution in [3.8, 4) is 0 Å². The van der Waals surface area contributed by atoms with E-state index in [4.69, 9.17) is 14.6 Å². The number of carbonyl (C=O) groups is 2. The van der Waals surface area contributed by atoms with E-state index < -0.39 is 12.1 Å². The third kappa shape index (κ3) is 3.93. The van der Waals surface area contributed by atoms with Gasteiger partial charge in [-0.1, -0.05) is 0 Å². The van der Waals surface area contributed by atoms with Crippen molar-refractivity contribution in [3.05, 3.63) is 0 Å². The highest BCUT2D eigenvalue weighted by molar-refractivity contribution is 5.81. The molecular weight excluding hydrogens is 262 g/mol. The molecule has 0 aromatic carbocycles. The van der Waals surface area contributed by atoms with Crippen LogP contribution >= 0.6 is 0 Å². The number of carboxylic acids is 1. The van der Waals surface area contributed by atoms with E-state index in [1.807, 2.05) is 0 Å². The summed E-state index contributed by atoms with van der Waals surface area (Å²) in [6, 6.07) is -0.186. The zero-order valence-corrected chi connectivity index (χ0v) is 11.9. The van der Waals surface area contributed by atoms with E-state index in [-0.39, 0.29) is 24.5 Å². The average molecular weight is 285 g/mol. The largest absolute Gasteiger partial charge is 0.481 e. The van der Waals surface area contributed by atoms with Gasteiger partial charge in [-0.15, -0.1) is 0 Å². The molecule has 0 aromatic heterocycles. The van der Waals surface area contributed by atoms with Crippen LogP contribution in [0.3, 0.4) is 0 Å². The molecule has 114 valence electrons. The molecule has 1 amide bonds. The number of ether oxygens (including phenoxy) is 2. The van der Waals surface area contributed by atoms with Crippen LogP contribution in [-0.4, -0.2) is 59.9 Å². The first-order valence-corrected chi connectivity index (χ1v) is 7.33. The average Bonchev–Trinajstić information content (AvgIpc) is 3.05. The smallest absolute Gasteiger partial charge is 0.305 e. The standard InChI is InChI=1S/C14H23NO5/c1-10(20-9-12-5-3-7-19-12)14(18)15-6-2-4-11(15)8-13(16)17/h10-12H,2-9H2,1H3,(H,16,17). The van der Waals surface area contributed by atoms with Crippen LogP contribution in [0.5, 0.6) is 0 Å². The molecule has 0 aliphatic carbocycles. The number of amides is 1. The summed E-state index contributed by atoms with van der Waals surface area (Å²) in [6.45, 7) is 3.56. The predicted molar refractivity (Wildman–Crippen MR) is 71.4 cm³/mol. The van der Waals surface area contributed by atoms with Crippen LogP contribution in [0.2, 0.25) is 0 Å². The molecule has 2 rings (SSSR count). The number of hydrogen-bond donors (Lipinski definition) is 1. The second kappa shape index (κ2) is 7.04. The maximum Gasteiger partial charge on any atom is 0.305 e. The van der Waals surface area contributed by atoms with Crippen LogP contribution in [-0.2, 0) is 19.1 Å². The van der Waals surface area contributed by atoms with Gasteiger partial charge in [0.15, 0.2) is 0 Å². The van der Waals surface area contributed by atoms with E-state index in [1.54, 1.807) is 11.8 Å². The molecule has 3 unspecified atom stereocenters. The molecule has 6 heteroatoms. The number of aliphatic carboxylic acids is 1. The Bertz CT molecular complexity index is 353. The minimum atomic E-state index is -0.859. The van der Waals surface area contributed by atoms with E-state index in [9.17, 15) is 9.59 Å². The monoisotopic (exact) mass is 285 g/mol. The maximum atomic E-state index is 12.3. The minimum absolute atomic E-state index is 0.0181. The summed E-state index contributed by atoms with van der Waals surface area (Å²) in [7, 11) is 0. The molecule has 0 radical (unpaired) electrons. The summed E-state index contributed by atoms with van der Waals surface area (Å²) in [5.41, 5.74) is 0. The third-order valence-electron chi connectivity index (χ3n) is 3.97. The fourth-order valence-electron chi connectivity index (χ4n) is 2.87. The maximum absolute atomic E-state index is 12.3. The van der Waals surface area contributed by atoms with Gasteiger partial charge in [0.05, 0.1) is 19.1 Å². The van der Waals surface area contributed by atoms with Crippen molar-refractivity contribution in [2.24, 2.45) is 0 Å². The van der Waals surface area contributed by atoms with Crippen LogP contribution in [0.15, 0.2) is 0 Å². The molecule has 0 saturated carbocycles. The molecule has 6 nitrogen and oxygen atoms in total. The van der Waals surface area contributed by atoms with Gasteiger partial charge in [-0.05, 0) is 32.6 Å². The predicted octanol–water partition coefficient (Wildman–Crippen LogP) is 1.04. The molecule has 2 aliphatic rings. The molecule has 3 atom stereocenters. The van der Waals surface area contributed by atoms with Gasteiger partial charge in [0, 0.05) is 19.2 Å². The highest BCUT2D eigenvalue weighted by Gasteiger charge is 2.33. The Hall–Kier alpha value is -1.14. The quantitative estimate of drug-likeness (QED) is 0.789. The van der Waals surface area contributed by atoms with Crippen LogP contribution in [0.25, 0.3) is 0 Å². The van der Waals surface area contributed by atoms with Gasteiger partial charge in [-0.2, -0.15) is 0 Å². The normalized spacial score (nSPS) is 27.8. The molecule has 1 N–H and O–H groups in total. The van der Waals surface area contributed by atoms with E-state index in [1.165, 1.54) is 0 Å². The molecular formula is C14H23NO5. The zero-order valence-electron chi connectivity index (χ0n) is 11.9.